The van der Waals surface area contributed by atoms with Crippen LogP contribution in [0.5, 0.6) is 0 Å². The van der Waals surface area contributed by atoms with Gasteiger partial charge in [-0.2, -0.15) is 0 Å². The van der Waals surface area contributed by atoms with Crippen molar-refractivity contribution in [3.8, 4) is 0 Å². The molecule has 1 amide bonds. The first kappa shape index (κ1) is 14.1. The summed E-state index contributed by atoms with van der Waals surface area (Å²) in [6.45, 7) is 2.27. The average Bonchev–Trinajstić information content (AvgIpc) is 2.89. The Hall–Kier alpha value is -1.84. The number of carbonyl (C=O) groups is 1. The van der Waals surface area contributed by atoms with Crippen LogP contribution in [0.1, 0.15) is 43.1 Å². The van der Waals surface area contributed by atoms with Crippen LogP contribution >= 0.6 is 0 Å². The lowest BCUT2D eigenvalue weighted by Gasteiger charge is -2.33. The van der Waals surface area contributed by atoms with Gasteiger partial charge >= 0.3 is 0 Å². The summed E-state index contributed by atoms with van der Waals surface area (Å²) in [5.41, 5.74) is 1.34. The number of benzene rings is 1. The zero-order valence-corrected chi connectivity index (χ0v) is 12.5. The Morgan fingerprint density at radius 2 is 1.95 bits per heavy atom. The highest BCUT2D eigenvalue weighted by atomic mass is 19.1. The van der Waals surface area contributed by atoms with Crippen LogP contribution < -0.4 is 0 Å². The number of halogens is 1. The van der Waals surface area contributed by atoms with Crippen molar-refractivity contribution in [3.63, 3.8) is 0 Å². The summed E-state index contributed by atoms with van der Waals surface area (Å²) < 4.78 is 13.2. The Labute approximate surface area is 124 Å². The molecule has 0 aliphatic heterocycles. The summed E-state index contributed by atoms with van der Waals surface area (Å²) in [4.78, 5) is 17.5. The van der Waals surface area contributed by atoms with Gasteiger partial charge < -0.3 is 9.88 Å². The Morgan fingerprint density at radius 3 is 2.67 bits per heavy atom. The number of fused-ring (bicyclic) bond motifs is 1. The van der Waals surface area contributed by atoms with Gasteiger partial charge in [0, 0.05) is 24.0 Å². The molecule has 0 unspecified atom stereocenters. The molecule has 21 heavy (non-hydrogen) atoms. The van der Waals surface area contributed by atoms with Crippen LogP contribution in [0.3, 0.4) is 0 Å². The topological polar surface area (TPSA) is 36.1 Å². The van der Waals surface area contributed by atoms with E-state index in [-0.39, 0.29) is 11.7 Å². The van der Waals surface area contributed by atoms with Gasteiger partial charge in [-0.3, -0.25) is 4.79 Å². The first-order valence-corrected chi connectivity index (χ1v) is 7.60. The normalized spacial score (nSPS) is 22.4. The van der Waals surface area contributed by atoms with E-state index in [4.69, 9.17) is 0 Å². The second-order valence-corrected chi connectivity index (χ2v) is 6.24. The van der Waals surface area contributed by atoms with E-state index in [0.29, 0.717) is 11.7 Å². The summed E-state index contributed by atoms with van der Waals surface area (Å²) in [5.74, 6) is 0.474. The maximum absolute atomic E-state index is 13.2. The van der Waals surface area contributed by atoms with Crippen molar-refractivity contribution in [1.82, 2.24) is 9.88 Å². The van der Waals surface area contributed by atoms with Crippen LogP contribution in [0.2, 0.25) is 0 Å². The summed E-state index contributed by atoms with van der Waals surface area (Å²) in [7, 11) is 1.87. The number of nitrogens with zero attached hydrogens (tertiary/aromatic N) is 1. The molecule has 4 heteroatoms. The number of nitrogens with one attached hydrogen (secondary N) is 1. The first-order chi connectivity index (χ1) is 10.0. The lowest BCUT2D eigenvalue weighted by Crippen LogP contribution is -2.39. The molecule has 3 nitrogen and oxygen atoms in total. The van der Waals surface area contributed by atoms with E-state index >= 15 is 0 Å². The molecule has 0 atom stereocenters. The number of hydrogen-bond donors (Lipinski definition) is 1. The number of carbonyl (C=O) groups excluding carboxylic acids is 1. The number of hydrogen-bond acceptors (Lipinski definition) is 1. The van der Waals surface area contributed by atoms with Gasteiger partial charge in [0.05, 0.1) is 0 Å². The molecule has 0 radical (unpaired) electrons. The van der Waals surface area contributed by atoms with Crippen LogP contribution in [0.15, 0.2) is 24.3 Å². The van der Waals surface area contributed by atoms with Gasteiger partial charge in [-0.15, -0.1) is 0 Å². The predicted molar refractivity (Wildman–Crippen MR) is 81.8 cm³/mol. The molecular weight excluding hydrogens is 267 g/mol. The number of H-pyrrole nitrogens is 1. The molecule has 0 spiro atoms. The molecular formula is C17H21FN2O. The minimum absolute atomic E-state index is 0.00818. The van der Waals surface area contributed by atoms with E-state index in [9.17, 15) is 9.18 Å². The van der Waals surface area contributed by atoms with Crippen molar-refractivity contribution in [1.29, 1.82) is 0 Å². The largest absolute Gasteiger partial charge is 0.351 e. The van der Waals surface area contributed by atoms with Crippen LogP contribution in [-0.4, -0.2) is 28.9 Å². The maximum atomic E-state index is 13.2. The minimum atomic E-state index is -0.282. The number of rotatable bonds is 2. The van der Waals surface area contributed by atoms with Gasteiger partial charge in [0.1, 0.15) is 11.5 Å². The standard InChI is InChI=1S/C17H21FN2O/c1-11-3-6-14(7-4-11)20(2)17(21)16-10-12-9-13(18)5-8-15(12)19-16/h5,8-11,14,19H,3-4,6-7H2,1-2H3. The van der Waals surface area contributed by atoms with Crippen LogP contribution in [0, 0.1) is 11.7 Å². The van der Waals surface area contributed by atoms with Crippen molar-refractivity contribution in [3.05, 3.63) is 35.8 Å². The van der Waals surface area contributed by atoms with Gasteiger partial charge in [0.15, 0.2) is 0 Å². The van der Waals surface area contributed by atoms with Gasteiger partial charge in [-0.05, 0) is 55.9 Å². The Kier molecular flexibility index (Phi) is 3.70. The third-order valence-electron chi connectivity index (χ3n) is 4.67. The van der Waals surface area contributed by atoms with Crippen LogP contribution in [0.25, 0.3) is 10.9 Å². The van der Waals surface area contributed by atoms with Gasteiger partial charge in [0.25, 0.3) is 5.91 Å². The molecule has 1 aromatic carbocycles. The zero-order chi connectivity index (χ0) is 15.0. The predicted octanol–water partition coefficient (Wildman–Crippen LogP) is 3.96. The number of amides is 1. The summed E-state index contributed by atoms with van der Waals surface area (Å²) in [6.07, 6.45) is 4.50. The third-order valence-corrected chi connectivity index (χ3v) is 4.67. The molecule has 1 saturated carbocycles. The second-order valence-electron chi connectivity index (χ2n) is 6.24. The molecule has 1 aliphatic carbocycles. The average molecular weight is 288 g/mol. The van der Waals surface area contributed by atoms with E-state index < -0.39 is 0 Å². The van der Waals surface area contributed by atoms with Crippen molar-refractivity contribution < 1.29 is 9.18 Å². The van der Waals surface area contributed by atoms with E-state index in [1.165, 1.54) is 25.0 Å². The number of aromatic amines is 1. The molecule has 2 aromatic rings. The molecule has 1 N–H and O–H groups in total. The van der Waals surface area contributed by atoms with Crippen molar-refractivity contribution in [2.75, 3.05) is 7.05 Å². The molecule has 1 aromatic heterocycles. The molecule has 0 saturated heterocycles. The molecule has 1 fully saturated rings. The van der Waals surface area contributed by atoms with Crippen molar-refractivity contribution in [2.24, 2.45) is 5.92 Å². The molecule has 0 bridgehead atoms. The van der Waals surface area contributed by atoms with Gasteiger partial charge in [-0.1, -0.05) is 6.92 Å². The number of aromatic nitrogens is 1. The Bertz CT molecular complexity index is 656. The quantitative estimate of drug-likeness (QED) is 0.892. The van der Waals surface area contributed by atoms with E-state index in [0.717, 1.165) is 29.7 Å². The van der Waals surface area contributed by atoms with Gasteiger partial charge in [0.2, 0.25) is 0 Å². The molecule has 112 valence electrons. The highest BCUT2D eigenvalue weighted by molar-refractivity contribution is 5.98. The fraction of sp³-hybridized carbons (Fsp3) is 0.471. The molecule has 3 rings (SSSR count). The van der Waals surface area contributed by atoms with E-state index in [1.54, 1.807) is 12.1 Å². The smallest absolute Gasteiger partial charge is 0.270 e. The van der Waals surface area contributed by atoms with Gasteiger partial charge in [-0.25, -0.2) is 4.39 Å². The molecule has 1 aliphatic rings. The lowest BCUT2D eigenvalue weighted by atomic mass is 9.86. The fourth-order valence-electron chi connectivity index (χ4n) is 3.20. The van der Waals surface area contributed by atoms with Crippen molar-refractivity contribution >= 4 is 16.8 Å². The highest BCUT2D eigenvalue weighted by Crippen LogP contribution is 2.27. The SMILES string of the molecule is CC1CCC(N(C)C(=O)c2cc3cc(F)ccc3[nH]2)CC1. The van der Waals surface area contributed by atoms with Crippen LogP contribution in [-0.2, 0) is 0 Å². The minimum Gasteiger partial charge on any atom is -0.351 e. The Morgan fingerprint density at radius 1 is 1.24 bits per heavy atom. The fourth-order valence-corrected chi connectivity index (χ4v) is 3.20. The highest BCUT2D eigenvalue weighted by Gasteiger charge is 2.26. The third kappa shape index (κ3) is 2.80. The van der Waals surface area contributed by atoms with E-state index in [1.807, 2.05) is 11.9 Å². The zero-order valence-electron chi connectivity index (χ0n) is 12.5. The van der Waals surface area contributed by atoms with Crippen LogP contribution in [0.4, 0.5) is 4.39 Å². The maximum Gasteiger partial charge on any atom is 0.270 e. The Balaban J connectivity index is 1.79. The summed E-state index contributed by atoms with van der Waals surface area (Å²) in [5, 5.41) is 0.740. The van der Waals surface area contributed by atoms with Crippen molar-refractivity contribution in [2.45, 2.75) is 38.6 Å². The molecule has 1 heterocycles. The lowest BCUT2D eigenvalue weighted by molar-refractivity contribution is 0.0674. The second kappa shape index (κ2) is 5.51. The summed E-state index contributed by atoms with van der Waals surface area (Å²) in [6, 6.07) is 6.58. The summed E-state index contributed by atoms with van der Waals surface area (Å²) >= 11 is 0. The first-order valence-electron chi connectivity index (χ1n) is 7.60. The monoisotopic (exact) mass is 288 g/mol. The van der Waals surface area contributed by atoms with E-state index in [2.05, 4.69) is 11.9 Å².